The Morgan fingerprint density at radius 1 is 1.43 bits per heavy atom. The fourth-order valence-corrected chi connectivity index (χ4v) is 3.95. The Labute approximate surface area is 167 Å². The number of rotatable bonds is 8. The van der Waals surface area contributed by atoms with Crippen molar-refractivity contribution >= 4 is 5.91 Å². The summed E-state index contributed by atoms with van der Waals surface area (Å²) in [6.07, 6.45) is 4.70. The summed E-state index contributed by atoms with van der Waals surface area (Å²) in [5.41, 5.74) is 1.74. The smallest absolute Gasteiger partial charge is 0.276 e. The van der Waals surface area contributed by atoms with Crippen LogP contribution in [0, 0.1) is 12.8 Å². The molecule has 1 aliphatic rings. The number of aromatic nitrogens is 1. The van der Waals surface area contributed by atoms with Gasteiger partial charge in [0.25, 0.3) is 5.91 Å². The van der Waals surface area contributed by atoms with Crippen LogP contribution in [0.4, 0.5) is 0 Å². The van der Waals surface area contributed by atoms with Crippen molar-refractivity contribution in [1.29, 1.82) is 0 Å². The molecule has 0 saturated carbocycles. The van der Waals surface area contributed by atoms with Crippen molar-refractivity contribution in [1.82, 2.24) is 14.8 Å². The Hall–Kier alpha value is -2.34. The van der Waals surface area contributed by atoms with E-state index in [1.165, 1.54) is 18.4 Å². The van der Waals surface area contributed by atoms with Crippen LogP contribution in [-0.4, -0.2) is 60.5 Å². The highest BCUT2D eigenvalue weighted by Crippen LogP contribution is 2.20. The Kier molecular flexibility index (Phi) is 7.09. The Morgan fingerprint density at radius 3 is 3.00 bits per heavy atom. The normalized spacial score (nSPS) is 17.5. The van der Waals surface area contributed by atoms with E-state index in [1.807, 2.05) is 24.0 Å². The molecule has 0 unspecified atom stereocenters. The van der Waals surface area contributed by atoms with Gasteiger partial charge >= 0.3 is 0 Å². The summed E-state index contributed by atoms with van der Waals surface area (Å²) in [6, 6.07) is 8.29. The number of carbonyl (C=O) groups excluding carboxylic acids is 1. The Balaban J connectivity index is 1.53. The second-order valence-corrected chi connectivity index (χ2v) is 7.51. The molecular weight excluding hydrogens is 354 g/mol. The van der Waals surface area contributed by atoms with Crippen molar-refractivity contribution in [2.24, 2.45) is 5.92 Å². The van der Waals surface area contributed by atoms with Crippen LogP contribution < -0.4 is 4.74 Å². The molecule has 28 heavy (non-hydrogen) atoms. The monoisotopic (exact) mass is 385 g/mol. The highest BCUT2D eigenvalue weighted by atomic mass is 16.5. The maximum atomic E-state index is 12.8. The minimum Gasteiger partial charge on any atom is -0.497 e. The first-order chi connectivity index (χ1) is 13.6. The molecule has 2 heterocycles. The van der Waals surface area contributed by atoms with E-state index in [0.29, 0.717) is 23.9 Å². The molecule has 3 rings (SSSR count). The van der Waals surface area contributed by atoms with Crippen molar-refractivity contribution in [3.63, 3.8) is 0 Å². The largest absolute Gasteiger partial charge is 0.497 e. The third-order valence-corrected chi connectivity index (χ3v) is 5.55. The molecule has 1 saturated heterocycles. The van der Waals surface area contributed by atoms with Gasteiger partial charge in [0.2, 0.25) is 0 Å². The lowest BCUT2D eigenvalue weighted by Gasteiger charge is -2.35. The fraction of sp³-hybridized carbons (Fsp3) is 0.545. The van der Waals surface area contributed by atoms with Crippen molar-refractivity contribution in [2.75, 3.05) is 39.8 Å². The molecule has 0 N–H and O–H groups in total. The molecule has 2 aromatic rings. The number of oxazole rings is 1. The third kappa shape index (κ3) is 5.13. The van der Waals surface area contributed by atoms with Crippen LogP contribution in [0.5, 0.6) is 5.75 Å². The number of benzene rings is 1. The topological polar surface area (TPSA) is 58.8 Å². The van der Waals surface area contributed by atoms with E-state index in [2.05, 4.69) is 22.0 Å². The van der Waals surface area contributed by atoms with E-state index in [0.717, 1.165) is 44.8 Å². The second-order valence-electron chi connectivity index (χ2n) is 7.51. The minimum atomic E-state index is -0.0257. The van der Waals surface area contributed by atoms with Crippen molar-refractivity contribution in [2.45, 2.75) is 33.1 Å². The number of ether oxygens (including phenoxy) is 1. The van der Waals surface area contributed by atoms with E-state index in [1.54, 1.807) is 14.0 Å². The molecule has 0 aliphatic carbocycles. The van der Waals surface area contributed by atoms with E-state index >= 15 is 0 Å². The van der Waals surface area contributed by atoms with Crippen LogP contribution in [0.25, 0.3) is 0 Å². The van der Waals surface area contributed by atoms with Crippen LogP contribution in [-0.2, 0) is 6.42 Å². The number of hydrogen-bond donors (Lipinski definition) is 0. The highest BCUT2D eigenvalue weighted by Gasteiger charge is 2.26. The maximum Gasteiger partial charge on any atom is 0.276 e. The van der Waals surface area contributed by atoms with Gasteiger partial charge in [-0.05, 0) is 63.3 Å². The summed E-state index contributed by atoms with van der Waals surface area (Å²) < 4.78 is 10.5. The summed E-state index contributed by atoms with van der Waals surface area (Å²) in [6.45, 7) is 8.47. The molecule has 0 spiro atoms. The minimum absolute atomic E-state index is 0.0257. The number of hydrogen-bond acceptors (Lipinski definition) is 5. The van der Waals surface area contributed by atoms with Gasteiger partial charge in [-0.3, -0.25) is 4.79 Å². The lowest BCUT2D eigenvalue weighted by molar-refractivity contribution is 0.0684. The molecule has 1 aromatic carbocycles. The molecule has 0 radical (unpaired) electrons. The van der Waals surface area contributed by atoms with Crippen molar-refractivity contribution in [3.8, 4) is 5.75 Å². The number of amides is 1. The molecule has 152 valence electrons. The number of methoxy groups -OCH3 is 1. The zero-order valence-corrected chi connectivity index (χ0v) is 17.2. The quantitative estimate of drug-likeness (QED) is 0.697. The summed E-state index contributed by atoms with van der Waals surface area (Å²) in [4.78, 5) is 21.3. The average Bonchev–Trinajstić information content (AvgIpc) is 3.16. The lowest BCUT2D eigenvalue weighted by atomic mass is 9.96. The molecule has 0 bridgehead atoms. The van der Waals surface area contributed by atoms with E-state index < -0.39 is 0 Å². The first kappa shape index (κ1) is 20.4. The van der Waals surface area contributed by atoms with Gasteiger partial charge in [0.1, 0.15) is 11.5 Å². The van der Waals surface area contributed by atoms with Gasteiger partial charge in [-0.1, -0.05) is 12.1 Å². The first-order valence-electron chi connectivity index (χ1n) is 10.1. The number of likely N-dealkylation sites (tertiary alicyclic amines) is 1. The van der Waals surface area contributed by atoms with Gasteiger partial charge in [0, 0.05) is 26.2 Å². The second kappa shape index (κ2) is 9.73. The molecule has 1 fully saturated rings. The molecule has 1 atom stereocenters. The molecule has 6 nitrogen and oxygen atoms in total. The van der Waals surface area contributed by atoms with Gasteiger partial charge in [-0.15, -0.1) is 0 Å². The van der Waals surface area contributed by atoms with Crippen LogP contribution in [0.2, 0.25) is 0 Å². The van der Waals surface area contributed by atoms with Crippen LogP contribution in [0.15, 0.2) is 35.1 Å². The maximum absolute atomic E-state index is 12.8. The number of aryl methyl sites for hydroxylation is 1. The first-order valence-corrected chi connectivity index (χ1v) is 10.1. The molecular formula is C22H31N3O3. The van der Waals surface area contributed by atoms with Gasteiger partial charge in [-0.25, -0.2) is 4.98 Å². The Bertz CT molecular complexity index is 774. The highest BCUT2D eigenvalue weighted by molar-refractivity contribution is 5.93. The van der Waals surface area contributed by atoms with Crippen LogP contribution in [0.3, 0.4) is 0 Å². The zero-order chi connectivity index (χ0) is 19.9. The molecule has 1 amide bonds. The lowest BCUT2D eigenvalue weighted by Crippen LogP contribution is -2.43. The number of piperidine rings is 1. The summed E-state index contributed by atoms with van der Waals surface area (Å²) in [7, 11) is 1.70. The summed E-state index contributed by atoms with van der Waals surface area (Å²) in [5.74, 6) is 1.97. The Morgan fingerprint density at radius 2 is 2.29 bits per heavy atom. The summed E-state index contributed by atoms with van der Waals surface area (Å²) >= 11 is 0. The van der Waals surface area contributed by atoms with Crippen LogP contribution in [0.1, 0.15) is 41.6 Å². The third-order valence-electron chi connectivity index (χ3n) is 5.55. The van der Waals surface area contributed by atoms with Gasteiger partial charge < -0.3 is 19.0 Å². The van der Waals surface area contributed by atoms with E-state index in [9.17, 15) is 4.79 Å². The summed E-state index contributed by atoms with van der Waals surface area (Å²) in [5, 5.41) is 0. The molecule has 6 heteroatoms. The predicted octanol–water partition coefficient (Wildman–Crippen LogP) is 3.41. The SMILES string of the molecule is CCN(C[C@H]1CCCN(CCc2cccc(OC)c2)C1)C(=O)c1ncoc1C. The zero-order valence-electron chi connectivity index (χ0n) is 17.2. The number of carbonyl (C=O) groups is 1. The predicted molar refractivity (Wildman–Crippen MR) is 109 cm³/mol. The van der Waals surface area contributed by atoms with Gasteiger partial charge in [0.05, 0.1) is 7.11 Å². The molecule has 1 aromatic heterocycles. The fourth-order valence-electron chi connectivity index (χ4n) is 3.95. The number of nitrogens with zero attached hydrogens (tertiary/aromatic N) is 3. The average molecular weight is 386 g/mol. The van der Waals surface area contributed by atoms with Crippen LogP contribution >= 0.6 is 0 Å². The van der Waals surface area contributed by atoms with Gasteiger partial charge in [0.15, 0.2) is 12.1 Å². The van der Waals surface area contributed by atoms with E-state index in [4.69, 9.17) is 9.15 Å². The van der Waals surface area contributed by atoms with Crippen molar-refractivity contribution in [3.05, 3.63) is 47.7 Å². The molecule has 1 aliphatic heterocycles. The van der Waals surface area contributed by atoms with Gasteiger partial charge in [-0.2, -0.15) is 0 Å². The standard InChI is InChI=1S/C22H31N3O3/c1-4-25(22(26)21-17(2)28-16-23-21)15-19-8-6-11-24(14-19)12-10-18-7-5-9-20(13-18)27-3/h5,7,9,13,16,19H,4,6,8,10-12,14-15H2,1-3H3/t19-/m0/s1. The van der Waals surface area contributed by atoms with E-state index in [-0.39, 0.29) is 5.91 Å². The van der Waals surface area contributed by atoms with Crippen molar-refractivity contribution < 1.29 is 13.9 Å².